The third-order valence-corrected chi connectivity index (χ3v) is 4.68. The van der Waals surface area contributed by atoms with Crippen LogP contribution in [0, 0.1) is 5.92 Å². The van der Waals surface area contributed by atoms with Gasteiger partial charge in [0.25, 0.3) is 0 Å². The van der Waals surface area contributed by atoms with Crippen LogP contribution in [-0.2, 0) is 7.05 Å². The van der Waals surface area contributed by atoms with E-state index in [1.165, 1.54) is 44.5 Å². The largest absolute Gasteiger partial charge is 0.353 e. The standard InChI is InChI=1S/C15H25N3.2ClH/c1-17-10-4-7-14(17)15(13-5-2-3-6-13)18-11-8-16-9-12-18;;/h4,7,10,13,15-16H,2-3,5-6,8-9,11-12H2,1H3;2*1H/t15-;;/m1../s1. The molecule has 1 N–H and O–H groups in total. The maximum Gasteiger partial charge on any atom is 0.0529 e. The van der Waals surface area contributed by atoms with Crippen LogP contribution in [0.5, 0.6) is 0 Å². The van der Waals surface area contributed by atoms with Crippen LogP contribution >= 0.6 is 24.8 Å². The fourth-order valence-corrected chi connectivity index (χ4v) is 3.74. The molecule has 1 aromatic heterocycles. The molecule has 0 amide bonds. The number of hydrogen-bond acceptors (Lipinski definition) is 2. The van der Waals surface area contributed by atoms with Gasteiger partial charge in [0.15, 0.2) is 0 Å². The van der Waals surface area contributed by atoms with Gasteiger partial charge in [0.05, 0.1) is 6.04 Å². The highest BCUT2D eigenvalue weighted by atomic mass is 35.5. The Morgan fingerprint density at radius 2 is 1.80 bits per heavy atom. The van der Waals surface area contributed by atoms with Crippen LogP contribution in [0.3, 0.4) is 0 Å². The van der Waals surface area contributed by atoms with Gasteiger partial charge in [-0.15, -0.1) is 24.8 Å². The lowest BCUT2D eigenvalue weighted by atomic mass is 9.93. The Morgan fingerprint density at radius 3 is 2.35 bits per heavy atom. The molecule has 0 bridgehead atoms. The van der Waals surface area contributed by atoms with E-state index in [-0.39, 0.29) is 24.8 Å². The quantitative estimate of drug-likeness (QED) is 0.924. The summed E-state index contributed by atoms with van der Waals surface area (Å²) in [5.41, 5.74) is 1.52. The highest BCUT2D eigenvalue weighted by Crippen LogP contribution is 2.39. The SMILES string of the molecule is Cl.Cl.Cn1cccc1[C@@H](C1CCCC1)N1CCNCC1. The van der Waals surface area contributed by atoms with E-state index in [1.807, 2.05) is 0 Å². The van der Waals surface area contributed by atoms with E-state index < -0.39 is 0 Å². The van der Waals surface area contributed by atoms with Crippen molar-refractivity contribution in [2.24, 2.45) is 13.0 Å². The summed E-state index contributed by atoms with van der Waals surface area (Å²) < 4.78 is 2.32. The predicted molar refractivity (Wildman–Crippen MR) is 89.1 cm³/mol. The fraction of sp³-hybridized carbons (Fsp3) is 0.733. The van der Waals surface area contributed by atoms with Crippen LogP contribution in [0.4, 0.5) is 0 Å². The molecular weight excluding hydrogens is 293 g/mol. The van der Waals surface area contributed by atoms with Crippen molar-refractivity contribution in [2.75, 3.05) is 26.2 Å². The Hall–Kier alpha value is -0.220. The van der Waals surface area contributed by atoms with Gasteiger partial charge in [-0.3, -0.25) is 4.90 Å². The van der Waals surface area contributed by atoms with Gasteiger partial charge in [0.1, 0.15) is 0 Å². The molecule has 3 nitrogen and oxygen atoms in total. The summed E-state index contributed by atoms with van der Waals surface area (Å²) in [6.45, 7) is 4.69. The van der Waals surface area contributed by atoms with Crippen molar-refractivity contribution in [1.29, 1.82) is 0 Å². The first-order valence-corrected chi connectivity index (χ1v) is 7.42. The summed E-state index contributed by atoms with van der Waals surface area (Å²) in [4.78, 5) is 2.71. The zero-order valence-electron chi connectivity index (χ0n) is 12.3. The molecule has 116 valence electrons. The van der Waals surface area contributed by atoms with E-state index in [4.69, 9.17) is 0 Å². The zero-order valence-corrected chi connectivity index (χ0v) is 13.9. The maximum absolute atomic E-state index is 3.47. The van der Waals surface area contributed by atoms with E-state index >= 15 is 0 Å². The van der Waals surface area contributed by atoms with Crippen molar-refractivity contribution in [3.05, 3.63) is 24.0 Å². The molecule has 1 aliphatic heterocycles. The molecule has 20 heavy (non-hydrogen) atoms. The lowest BCUT2D eigenvalue weighted by Crippen LogP contribution is -2.47. The van der Waals surface area contributed by atoms with Crippen molar-refractivity contribution >= 4 is 24.8 Å². The minimum Gasteiger partial charge on any atom is -0.353 e. The number of aryl methyl sites for hydroxylation is 1. The zero-order chi connectivity index (χ0) is 12.4. The Bertz CT molecular complexity index is 382. The molecule has 5 heteroatoms. The molecule has 0 unspecified atom stereocenters. The van der Waals surface area contributed by atoms with Gasteiger partial charge in [0.2, 0.25) is 0 Å². The average molecular weight is 320 g/mol. The van der Waals surface area contributed by atoms with Gasteiger partial charge in [-0.1, -0.05) is 12.8 Å². The Balaban J connectivity index is 0.000001000. The van der Waals surface area contributed by atoms with E-state index in [9.17, 15) is 0 Å². The van der Waals surface area contributed by atoms with Crippen LogP contribution in [0.25, 0.3) is 0 Å². The van der Waals surface area contributed by atoms with E-state index in [0.717, 1.165) is 19.0 Å². The number of aromatic nitrogens is 1. The average Bonchev–Trinajstić information content (AvgIpc) is 3.05. The highest BCUT2D eigenvalue weighted by molar-refractivity contribution is 5.85. The van der Waals surface area contributed by atoms with Crippen molar-refractivity contribution in [3.8, 4) is 0 Å². The van der Waals surface area contributed by atoms with E-state index in [2.05, 4.69) is 40.2 Å². The highest BCUT2D eigenvalue weighted by Gasteiger charge is 2.32. The normalized spacial score (nSPS) is 22.1. The van der Waals surface area contributed by atoms with Crippen molar-refractivity contribution in [2.45, 2.75) is 31.7 Å². The lowest BCUT2D eigenvalue weighted by Gasteiger charge is -2.38. The summed E-state index contributed by atoms with van der Waals surface area (Å²) in [6, 6.07) is 5.17. The Kier molecular flexibility index (Phi) is 7.38. The number of rotatable bonds is 3. The van der Waals surface area contributed by atoms with Gasteiger partial charge in [-0.2, -0.15) is 0 Å². The molecule has 1 aromatic rings. The van der Waals surface area contributed by atoms with Gasteiger partial charge < -0.3 is 9.88 Å². The molecule has 0 radical (unpaired) electrons. The second-order valence-corrected chi connectivity index (χ2v) is 5.82. The number of piperazine rings is 1. The van der Waals surface area contributed by atoms with Crippen LogP contribution in [0.1, 0.15) is 37.4 Å². The predicted octanol–water partition coefficient (Wildman–Crippen LogP) is 3.01. The molecule has 2 aliphatic rings. The second-order valence-electron chi connectivity index (χ2n) is 5.82. The molecular formula is C15H27Cl2N3. The summed E-state index contributed by atoms with van der Waals surface area (Å²) in [6.07, 6.45) is 7.88. The first kappa shape index (κ1) is 17.8. The minimum atomic E-state index is 0. The molecule has 1 saturated carbocycles. The smallest absolute Gasteiger partial charge is 0.0529 e. The second kappa shape index (κ2) is 8.28. The summed E-state index contributed by atoms with van der Waals surface area (Å²) in [5.74, 6) is 0.872. The first-order chi connectivity index (χ1) is 8.86. The molecule has 2 fully saturated rings. The van der Waals surface area contributed by atoms with Crippen LogP contribution in [-0.4, -0.2) is 35.6 Å². The van der Waals surface area contributed by atoms with Crippen molar-refractivity contribution < 1.29 is 0 Å². The number of nitrogens with zero attached hydrogens (tertiary/aromatic N) is 2. The monoisotopic (exact) mass is 319 g/mol. The minimum absolute atomic E-state index is 0. The van der Waals surface area contributed by atoms with Gasteiger partial charge in [-0.05, 0) is 30.9 Å². The molecule has 0 aromatic carbocycles. The number of nitrogens with one attached hydrogen (secondary N) is 1. The van der Waals surface area contributed by atoms with E-state index in [1.54, 1.807) is 0 Å². The third kappa shape index (κ3) is 3.70. The first-order valence-electron chi connectivity index (χ1n) is 7.42. The summed E-state index contributed by atoms with van der Waals surface area (Å²) in [7, 11) is 2.19. The third-order valence-electron chi connectivity index (χ3n) is 4.68. The van der Waals surface area contributed by atoms with Crippen molar-refractivity contribution in [1.82, 2.24) is 14.8 Å². The van der Waals surface area contributed by atoms with Gasteiger partial charge >= 0.3 is 0 Å². The number of hydrogen-bond donors (Lipinski definition) is 1. The van der Waals surface area contributed by atoms with Gasteiger partial charge in [-0.25, -0.2) is 0 Å². The Labute approximate surface area is 134 Å². The van der Waals surface area contributed by atoms with Crippen molar-refractivity contribution in [3.63, 3.8) is 0 Å². The number of halogens is 2. The van der Waals surface area contributed by atoms with E-state index in [0.29, 0.717) is 6.04 Å². The molecule has 0 spiro atoms. The molecule has 1 atom stereocenters. The van der Waals surface area contributed by atoms with Crippen LogP contribution in [0.15, 0.2) is 18.3 Å². The fourth-order valence-electron chi connectivity index (χ4n) is 3.74. The van der Waals surface area contributed by atoms with Gasteiger partial charge in [0, 0.05) is 45.1 Å². The lowest BCUT2D eigenvalue weighted by molar-refractivity contribution is 0.120. The topological polar surface area (TPSA) is 20.2 Å². The summed E-state index contributed by atoms with van der Waals surface area (Å²) >= 11 is 0. The Morgan fingerprint density at radius 1 is 1.15 bits per heavy atom. The molecule has 2 heterocycles. The summed E-state index contributed by atoms with van der Waals surface area (Å²) in [5, 5.41) is 3.47. The molecule has 3 rings (SSSR count). The van der Waals surface area contributed by atoms with Crippen LogP contribution < -0.4 is 5.32 Å². The van der Waals surface area contributed by atoms with Crippen LogP contribution in [0.2, 0.25) is 0 Å². The maximum atomic E-state index is 3.47. The molecule has 1 aliphatic carbocycles. The molecule has 1 saturated heterocycles.